The summed E-state index contributed by atoms with van der Waals surface area (Å²) in [5, 5.41) is 0. The second-order valence-electron chi connectivity index (χ2n) is 6.35. The van der Waals surface area contributed by atoms with Gasteiger partial charge in [0.1, 0.15) is 5.75 Å². The zero-order valence-electron chi connectivity index (χ0n) is 16.1. The molecule has 146 valence electrons. The molecule has 27 heavy (non-hydrogen) atoms. The first-order valence-electron chi connectivity index (χ1n) is 8.91. The summed E-state index contributed by atoms with van der Waals surface area (Å²) in [4.78, 5) is 0.265. The van der Waals surface area contributed by atoms with E-state index in [9.17, 15) is 8.42 Å². The van der Waals surface area contributed by atoms with Gasteiger partial charge in [-0.25, -0.2) is 8.42 Å². The molecule has 0 unspecified atom stereocenters. The molecular weight excluding hydrogens is 366 g/mol. The Morgan fingerprint density at radius 3 is 2.30 bits per heavy atom. The van der Waals surface area contributed by atoms with Gasteiger partial charge in [0.05, 0.1) is 25.7 Å². The van der Waals surface area contributed by atoms with Crippen molar-refractivity contribution in [2.24, 2.45) is 0 Å². The number of sulfonamides is 1. The van der Waals surface area contributed by atoms with E-state index in [-0.39, 0.29) is 10.9 Å². The van der Waals surface area contributed by atoms with E-state index >= 15 is 0 Å². The second-order valence-corrected chi connectivity index (χ2v) is 8.24. The molecule has 3 rings (SSSR count). The van der Waals surface area contributed by atoms with Crippen LogP contribution < -0.4 is 14.2 Å². The molecule has 0 bridgehead atoms. The Morgan fingerprint density at radius 2 is 1.70 bits per heavy atom. The van der Waals surface area contributed by atoms with Crippen LogP contribution in [0.5, 0.6) is 17.2 Å². The van der Waals surface area contributed by atoms with Crippen molar-refractivity contribution in [3.8, 4) is 17.2 Å². The van der Waals surface area contributed by atoms with E-state index in [1.54, 1.807) is 38.5 Å². The maximum Gasteiger partial charge on any atom is 0.243 e. The molecule has 7 heteroatoms. The van der Waals surface area contributed by atoms with Crippen molar-refractivity contribution in [2.45, 2.75) is 31.2 Å². The van der Waals surface area contributed by atoms with Crippen molar-refractivity contribution in [3.63, 3.8) is 0 Å². The van der Waals surface area contributed by atoms with Crippen LogP contribution in [0.15, 0.2) is 41.3 Å². The lowest BCUT2D eigenvalue weighted by atomic mass is 9.94. The first-order chi connectivity index (χ1) is 12.9. The smallest absolute Gasteiger partial charge is 0.243 e. The summed E-state index contributed by atoms with van der Waals surface area (Å²) >= 11 is 0. The minimum Gasteiger partial charge on any atom is -0.494 e. The minimum absolute atomic E-state index is 0.265. The molecular formula is C20H25NO5S. The molecule has 0 saturated heterocycles. The molecule has 0 N–H and O–H groups in total. The first kappa shape index (κ1) is 19.5. The number of benzene rings is 2. The van der Waals surface area contributed by atoms with E-state index in [1.807, 2.05) is 26.0 Å². The van der Waals surface area contributed by atoms with Crippen LogP contribution in [0.25, 0.3) is 0 Å². The highest BCUT2D eigenvalue weighted by Crippen LogP contribution is 2.39. The molecule has 0 fully saturated rings. The van der Waals surface area contributed by atoms with Gasteiger partial charge in [-0.3, -0.25) is 0 Å². The highest BCUT2D eigenvalue weighted by atomic mass is 32.2. The minimum atomic E-state index is -3.62. The highest BCUT2D eigenvalue weighted by Gasteiger charge is 2.34. The molecule has 1 aliphatic rings. The Balaban J connectivity index is 1.94. The Kier molecular flexibility index (Phi) is 5.62. The number of hydrogen-bond donors (Lipinski definition) is 0. The summed E-state index contributed by atoms with van der Waals surface area (Å²) < 4.78 is 44.1. The monoisotopic (exact) mass is 391 g/mol. The predicted molar refractivity (Wildman–Crippen MR) is 103 cm³/mol. The Labute approximate surface area is 160 Å². The fraction of sp³-hybridized carbons (Fsp3) is 0.400. The van der Waals surface area contributed by atoms with Crippen molar-refractivity contribution in [3.05, 3.63) is 47.5 Å². The molecule has 1 atom stereocenters. The second kappa shape index (κ2) is 7.78. The number of ether oxygens (including phenoxy) is 3. The van der Waals surface area contributed by atoms with Crippen LogP contribution in [0.1, 0.15) is 31.0 Å². The van der Waals surface area contributed by atoms with E-state index in [0.29, 0.717) is 36.8 Å². The molecule has 2 aromatic rings. The molecule has 0 saturated carbocycles. The first-order valence-corrected chi connectivity index (χ1v) is 10.4. The quantitative estimate of drug-likeness (QED) is 0.755. The van der Waals surface area contributed by atoms with Gasteiger partial charge in [0.15, 0.2) is 11.5 Å². The molecule has 6 nitrogen and oxygen atoms in total. The van der Waals surface area contributed by atoms with Gasteiger partial charge >= 0.3 is 0 Å². The standard InChI is InChI=1S/C20H25NO5S/c1-5-26-16-6-8-17(9-7-16)27(22,23)21-11-10-15-12-19(24-3)20(25-4)13-18(15)14(21)2/h6-9,12-14H,5,10-11H2,1-4H3/t14-/m0/s1. The fourth-order valence-electron chi connectivity index (χ4n) is 3.46. The highest BCUT2D eigenvalue weighted by molar-refractivity contribution is 7.89. The van der Waals surface area contributed by atoms with Gasteiger partial charge in [-0.15, -0.1) is 0 Å². The molecule has 0 radical (unpaired) electrons. The van der Waals surface area contributed by atoms with Crippen molar-refractivity contribution in [1.82, 2.24) is 4.31 Å². The number of rotatable bonds is 6. The SMILES string of the molecule is CCOc1ccc(S(=O)(=O)N2CCc3cc(OC)c(OC)cc3[C@@H]2C)cc1. The Morgan fingerprint density at radius 1 is 1.07 bits per heavy atom. The number of nitrogens with zero attached hydrogens (tertiary/aromatic N) is 1. The largest absolute Gasteiger partial charge is 0.494 e. The third kappa shape index (κ3) is 3.61. The third-order valence-corrected chi connectivity index (χ3v) is 6.85. The molecule has 2 aromatic carbocycles. The van der Waals surface area contributed by atoms with E-state index in [1.165, 1.54) is 4.31 Å². The molecule has 0 spiro atoms. The number of fused-ring (bicyclic) bond motifs is 1. The number of methoxy groups -OCH3 is 2. The lowest BCUT2D eigenvalue weighted by molar-refractivity contribution is 0.318. The zero-order valence-corrected chi connectivity index (χ0v) is 16.9. The van der Waals surface area contributed by atoms with Crippen LogP contribution in [-0.4, -0.2) is 40.1 Å². The van der Waals surface area contributed by atoms with Gasteiger partial charge in [-0.1, -0.05) is 0 Å². The molecule has 0 aliphatic carbocycles. The van der Waals surface area contributed by atoms with Crippen LogP contribution in [-0.2, 0) is 16.4 Å². The van der Waals surface area contributed by atoms with Gasteiger partial charge < -0.3 is 14.2 Å². The molecule has 1 heterocycles. The summed E-state index contributed by atoms with van der Waals surface area (Å²) in [6.45, 7) is 4.74. The summed E-state index contributed by atoms with van der Waals surface area (Å²) in [6.07, 6.45) is 0.621. The van der Waals surface area contributed by atoms with Crippen molar-refractivity contribution >= 4 is 10.0 Å². The lowest BCUT2D eigenvalue weighted by Crippen LogP contribution is -2.38. The van der Waals surface area contributed by atoms with Gasteiger partial charge in [-0.05, 0) is 67.8 Å². The van der Waals surface area contributed by atoms with Gasteiger partial charge in [0, 0.05) is 12.6 Å². The molecule has 1 aliphatic heterocycles. The average Bonchev–Trinajstić information content (AvgIpc) is 2.67. The lowest BCUT2D eigenvalue weighted by Gasteiger charge is -2.34. The van der Waals surface area contributed by atoms with Gasteiger partial charge in [0.2, 0.25) is 10.0 Å². The maximum atomic E-state index is 13.2. The normalized spacial score (nSPS) is 17.3. The van der Waals surface area contributed by atoms with E-state index < -0.39 is 10.0 Å². The van der Waals surface area contributed by atoms with Crippen LogP contribution in [0.3, 0.4) is 0 Å². The maximum absolute atomic E-state index is 13.2. The zero-order chi connectivity index (χ0) is 19.6. The summed E-state index contributed by atoms with van der Waals surface area (Å²) in [6, 6.07) is 10.1. The third-order valence-electron chi connectivity index (χ3n) is 4.87. The predicted octanol–water partition coefficient (Wildman–Crippen LogP) is 3.41. The Bertz CT molecular complexity index is 909. The van der Waals surface area contributed by atoms with Crippen molar-refractivity contribution in [1.29, 1.82) is 0 Å². The summed E-state index contributed by atoms with van der Waals surface area (Å²) in [5.74, 6) is 1.92. The summed E-state index contributed by atoms with van der Waals surface area (Å²) in [7, 11) is -0.443. The van der Waals surface area contributed by atoms with Crippen molar-refractivity contribution < 1.29 is 22.6 Å². The van der Waals surface area contributed by atoms with Crippen LogP contribution in [0.2, 0.25) is 0 Å². The van der Waals surface area contributed by atoms with Crippen LogP contribution in [0, 0.1) is 0 Å². The van der Waals surface area contributed by atoms with Gasteiger partial charge in [-0.2, -0.15) is 4.31 Å². The van der Waals surface area contributed by atoms with Crippen LogP contribution >= 0.6 is 0 Å². The molecule has 0 aromatic heterocycles. The Hall–Kier alpha value is -2.25. The van der Waals surface area contributed by atoms with Crippen LogP contribution in [0.4, 0.5) is 0 Å². The van der Waals surface area contributed by atoms with E-state index in [4.69, 9.17) is 14.2 Å². The van der Waals surface area contributed by atoms with E-state index in [0.717, 1.165) is 11.1 Å². The van der Waals surface area contributed by atoms with E-state index in [2.05, 4.69) is 0 Å². The fourth-order valence-corrected chi connectivity index (χ4v) is 5.07. The number of hydrogen-bond acceptors (Lipinski definition) is 5. The molecule has 0 amide bonds. The summed E-state index contributed by atoms with van der Waals surface area (Å²) in [5.41, 5.74) is 2.02. The van der Waals surface area contributed by atoms with Gasteiger partial charge in [0.25, 0.3) is 0 Å². The topological polar surface area (TPSA) is 65.1 Å². The van der Waals surface area contributed by atoms with Crippen molar-refractivity contribution in [2.75, 3.05) is 27.4 Å². The average molecular weight is 391 g/mol.